The van der Waals surface area contributed by atoms with Crippen molar-refractivity contribution in [3.8, 4) is 5.75 Å². The van der Waals surface area contributed by atoms with Gasteiger partial charge in [-0.1, -0.05) is 18.2 Å². The Kier molecular flexibility index (Phi) is 7.03. The van der Waals surface area contributed by atoms with Gasteiger partial charge in [-0.15, -0.1) is 0 Å². The molecule has 1 fully saturated rings. The number of halogens is 1. The van der Waals surface area contributed by atoms with Crippen molar-refractivity contribution in [1.82, 2.24) is 5.09 Å². The maximum Gasteiger partial charge on any atom is 0.461 e. The summed E-state index contributed by atoms with van der Waals surface area (Å²) in [6.07, 6.45) is -2.24. The van der Waals surface area contributed by atoms with Crippen LogP contribution >= 0.6 is 7.75 Å². The van der Waals surface area contributed by atoms with Crippen LogP contribution in [-0.2, 0) is 23.4 Å². The van der Waals surface area contributed by atoms with Crippen LogP contribution in [-0.4, -0.2) is 36.2 Å². The second-order valence-corrected chi connectivity index (χ2v) is 8.68. The van der Waals surface area contributed by atoms with E-state index in [-0.39, 0.29) is 18.3 Å². The van der Waals surface area contributed by atoms with Crippen molar-refractivity contribution in [2.24, 2.45) is 0 Å². The van der Waals surface area contributed by atoms with Crippen molar-refractivity contribution in [3.05, 3.63) is 30.3 Å². The van der Waals surface area contributed by atoms with Crippen LogP contribution in [0.15, 0.2) is 30.3 Å². The number of para-hydroxylation sites is 1. The van der Waals surface area contributed by atoms with Gasteiger partial charge in [-0.25, -0.2) is 8.96 Å². The standard InChI is InChI=1S/C18H27FNO6P/c1-12(2)23-17(21)13(3)20-27(22,25-15-9-7-6-8-10-15)26-16-11-18(5,19)14(4)24-16/h6-10,12-14,16H,11H2,1-5H3,(H,20,22)/t13-,14+,16-,18-,27?/m1/s1. The van der Waals surface area contributed by atoms with Crippen molar-refractivity contribution < 1.29 is 32.3 Å². The molecule has 152 valence electrons. The predicted octanol–water partition coefficient (Wildman–Crippen LogP) is 3.98. The molecule has 1 aliphatic rings. The zero-order valence-corrected chi connectivity index (χ0v) is 17.1. The summed E-state index contributed by atoms with van der Waals surface area (Å²) < 4.78 is 49.2. The molecule has 0 amide bonds. The lowest BCUT2D eigenvalue weighted by atomic mass is 10.0. The van der Waals surface area contributed by atoms with Gasteiger partial charge in [0.25, 0.3) is 0 Å². The molecule has 7 nitrogen and oxygen atoms in total. The summed E-state index contributed by atoms with van der Waals surface area (Å²) in [7, 11) is -4.07. The molecule has 27 heavy (non-hydrogen) atoms. The number of hydrogen-bond donors (Lipinski definition) is 1. The number of alkyl halides is 1. The number of ether oxygens (including phenoxy) is 2. The largest absolute Gasteiger partial charge is 0.462 e. The summed E-state index contributed by atoms with van der Waals surface area (Å²) >= 11 is 0. The molecule has 0 radical (unpaired) electrons. The van der Waals surface area contributed by atoms with Crippen LogP contribution in [0.5, 0.6) is 5.75 Å². The summed E-state index contributed by atoms with van der Waals surface area (Å²) in [4.78, 5) is 12.1. The van der Waals surface area contributed by atoms with Crippen molar-refractivity contribution in [2.45, 2.75) is 71.2 Å². The Labute approximate surface area is 159 Å². The monoisotopic (exact) mass is 403 g/mol. The number of carbonyl (C=O) groups is 1. The summed E-state index contributed by atoms with van der Waals surface area (Å²) in [5.74, 6) is -0.339. The molecule has 0 aliphatic carbocycles. The molecule has 0 aromatic heterocycles. The maximum absolute atomic E-state index is 14.4. The number of benzene rings is 1. The molecular weight excluding hydrogens is 376 g/mol. The Morgan fingerprint density at radius 2 is 1.96 bits per heavy atom. The average Bonchev–Trinajstić information content (AvgIpc) is 2.78. The normalized spacial score (nSPS) is 28.6. The highest BCUT2D eigenvalue weighted by molar-refractivity contribution is 7.52. The number of hydrogen-bond acceptors (Lipinski definition) is 6. The van der Waals surface area contributed by atoms with Gasteiger partial charge in [-0.05, 0) is 46.8 Å². The van der Waals surface area contributed by atoms with Gasteiger partial charge in [0.15, 0.2) is 6.29 Å². The quantitative estimate of drug-likeness (QED) is 0.519. The third-order valence-electron chi connectivity index (χ3n) is 4.05. The molecule has 1 heterocycles. The zero-order valence-electron chi connectivity index (χ0n) is 16.2. The SMILES string of the molecule is CC(C)OC(=O)[C@@H](C)NP(=O)(Oc1ccccc1)O[C@@H]1C[C@@](C)(F)[C@H](C)O1. The lowest BCUT2D eigenvalue weighted by Crippen LogP contribution is -2.37. The van der Waals surface area contributed by atoms with Gasteiger partial charge in [0.1, 0.15) is 17.5 Å². The highest BCUT2D eigenvalue weighted by atomic mass is 31.2. The molecule has 9 heteroatoms. The molecule has 0 spiro atoms. The molecule has 1 aromatic rings. The fourth-order valence-electron chi connectivity index (χ4n) is 2.45. The first-order valence-corrected chi connectivity index (χ1v) is 10.4. The molecule has 0 saturated carbocycles. The number of esters is 1. The molecule has 1 aromatic carbocycles. The maximum atomic E-state index is 14.4. The first-order chi connectivity index (χ1) is 12.5. The van der Waals surface area contributed by atoms with Crippen LogP contribution in [0.3, 0.4) is 0 Å². The highest BCUT2D eigenvalue weighted by Gasteiger charge is 2.47. The van der Waals surface area contributed by atoms with Gasteiger partial charge >= 0.3 is 13.7 Å². The van der Waals surface area contributed by atoms with Gasteiger partial charge in [0.2, 0.25) is 0 Å². The molecule has 1 saturated heterocycles. The van der Waals surface area contributed by atoms with Gasteiger partial charge in [0, 0.05) is 6.42 Å². The van der Waals surface area contributed by atoms with E-state index in [4.69, 9.17) is 18.5 Å². The highest BCUT2D eigenvalue weighted by Crippen LogP contribution is 2.49. The van der Waals surface area contributed by atoms with Crippen LogP contribution < -0.4 is 9.61 Å². The third-order valence-corrected chi connectivity index (χ3v) is 5.72. The van der Waals surface area contributed by atoms with Crippen LogP contribution in [0, 0.1) is 0 Å². The van der Waals surface area contributed by atoms with Crippen molar-refractivity contribution in [3.63, 3.8) is 0 Å². The van der Waals surface area contributed by atoms with E-state index >= 15 is 0 Å². The van der Waals surface area contributed by atoms with Gasteiger partial charge in [0.05, 0.1) is 12.2 Å². The Morgan fingerprint density at radius 3 is 2.48 bits per heavy atom. The van der Waals surface area contributed by atoms with Crippen molar-refractivity contribution >= 4 is 13.7 Å². The van der Waals surface area contributed by atoms with Crippen LogP contribution in [0.2, 0.25) is 0 Å². The Bertz CT molecular complexity index is 684. The molecule has 1 N–H and O–H groups in total. The summed E-state index contributed by atoms with van der Waals surface area (Å²) in [5.41, 5.74) is -1.62. The van der Waals surface area contributed by atoms with Gasteiger partial charge in [-0.3, -0.25) is 9.32 Å². The minimum atomic E-state index is -4.07. The second-order valence-electron chi connectivity index (χ2n) is 7.03. The minimum Gasteiger partial charge on any atom is -0.462 e. The van der Waals surface area contributed by atoms with Crippen molar-refractivity contribution in [2.75, 3.05) is 0 Å². The Balaban J connectivity index is 2.15. The topological polar surface area (TPSA) is 83.1 Å². The van der Waals surface area contributed by atoms with Gasteiger partial charge in [-0.2, -0.15) is 5.09 Å². The van der Waals surface area contributed by atoms with E-state index in [0.717, 1.165) is 0 Å². The number of nitrogens with one attached hydrogen (secondary N) is 1. The zero-order chi connectivity index (χ0) is 20.2. The number of carbonyl (C=O) groups excluding carboxylic acids is 1. The Hall–Kier alpha value is -1.47. The van der Waals surface area contributed by atoms with E-state index in [0.29, 0.717) is 0 Å². The fraction of sp³-hybridized carbons (Fsp3) is 0.611. The van der Waals surface area contributed by atoms with E-state index in [1.54, 1.807) is 51.1 Å². The van der Waals surface area contributed by atoms with Crippen LogP contribution in [0.4, 0.5) is 4.39 Å². The average molecular weight is 403 g/mol. The number of rotatable bonds is 8. The molecule has 1 unspecified atom stereocenters. The molecule has 5 atom stereocenters. The van der Waals surface area contributed by atoms with E-state index in [9.17, 15) is 13.8 Å². The third kappa shape index (κ3) is 6.28. The Morgan fingerprint density at radius 1 is 1.33 bits per heavy atom. The smallest absolute Gasteiger partial charge is 0.461 e. The lowest BCUT2D eigenvalue weighted by molar-refractivity contribution is -0.149. The summed E-state index contributed by atoms with van der Waals surface area (Å²) in [6, 6.07) is 7.37. The summed E-state index contributed by atoms with van der Waals surface area (Å²) in [5, 5.41) is 2.55. The van der Waals surface area contributed by atoms with E-state index in [1.165, 1.54) is 13.8 Å². The predicted molar refractivity (Wildman–Crippen MR) is 98.1 cm³/mol. The second kappa shape index (κ2) is 8.69. The molecule has 1 aliphatic heterocycles. The summed E-state index contributed by atoms with van der Waals surface area (Å²) in [6.45, 7) is 7.85. The van der Waals surface area contributed by atoms with Crippen molar-refractivity contribution in [1.29, 1.82) is 0 Å². The van der Waals surface area contributed by atoms with E-state index in [1.807, 2.05) is 0 Å². The molecular formula is C18H27FNO6P. The first kappa shape index (κ1) is 21.8. The van der Waals surface area contributed by atoms with E-state index < -0.39 is 37.8 Å². The fourth-order valence-corrected chi connectivity index (χ4v) is 4.02. The van der Waals surface area contributed by atoms with E-state index in [2.05, 4.69) is 5.09 Å². The van der Waals surface area contributed by atoms with Crippen LogP contribution in [0.1, 0.15) is 41.0 Å². The van der Waals surface area contributed by atoms with Crippen LogP contribution in [0.25, 0.3) is 0 Å². The first-order valence-electron chi connectivity index (χ1n) is 8.86. The molecule has 2 rings (SSSR count). The molecule has 0 bridgehead atoms. The lowest BCUT2D eigenvalue weighted by Gasteiger charge is -2.25. The minimum absolute atomic E-state index is 0.108. The van der Waals surface area contributed by atoms with Gasteiger partial charge < -0.3 is 14.0 Å².